The van der Waals surface area contributed by atoms with Gasteiger partial charge in [0.25, 0.3) is 5.91 Å². The zero-order valence-corrected chi connectivity index (χ0v) is 12.0. The quantitative estimate of drug-likeness (QED) is 0.744. The molecule has 2 aromatic rings. The van der Waals surface area contributed by atoms with E-state index in [1.54, 1.807) is 23.6 Å². The summed E-state index contributed by atoms with van der Waals surface area (Å²) < 4.78 is 1.56. The zero-order valence-electron chi connectivity index (χ0n) is 12.0. The highest BCUT2D eigenvalue weighted by molar-refractivity contribution is 5.97. The second-order valence-electron chi connectivity index (χ2n) is 4.94. The highest BCUT2D eigenvalue weighted by Crippen LogP contribution is 2.13. The summed E-state index contributed by atoms with van der Waals surface area (Å²) in [5.41, 5.74) is 2.08. The summed E-state index contributed by atoms with van der Waals surface area (Å²) in [5, 5.41) is 19.9. The molecule has 0 bridgehead atoms. The largest absolute Gasteiger partial charge is 0.481 e. The Morgan fingerprint density at radius 1 is 1.27 bits per heavy atom. The molecule has 22 heavy (non-hydrogen) atoms. The van der Waals surface area contributed by atoms with Gasteiger partial charge in [-0.15, -0.1) is 0 Å². The number of carboxylic acid groups (broad SMARTS) is 2. The van der Waals surface area contributed by atoms with Gasteiger partial charge in [-0.1, -0.05) is 6.07 Å². The average molecular weight is 305 g/mol. The van der Waals surface area contributed by atoms with Crippen LogP contribution in [0.2, 0.25) is 0 Å². The summed E-state index contributed by atoms with van der Waals surface area (Å²) in [6, 6.07) is 2.08. The Kier molecular flexibility index (Phi) is 4.11. The Morgan fingerprint density at radius 3 is 2.55 bits per heavy atom. The summed E-state index contributed by atoms with van der Waals surface area (Å²) in [6.45, 7) is 3.48. The fraction of sp³-hybridized carbons (Fsp3) is 0.286. The van der Waals surface area contributed by atoms with Crippen molar-refractivity contribution in [3.8, 4) is 0 Å². The fourth-order valence-corrected chi connectivity index (χ4v) is 2.14. The van der Waals surface area contributed by atoms with Gasteiger partial charge in [-0.2, -0.15) is 0 Å². The van der Waals surface area contributed by atoms with Crippen LogP contribution in [0, 0.1) is 13.8 Å². The number of nitrogens with one attached hydrogen (secondary N) is 1. The van der Waals surface area contributed by atoms with Gasteiger partial charge in [0, 0.05) is 6.20 Å². The first-order valence-corrected chi connectivity index (χ1v) is 6.50. The van der Waals surface area contributed by atoms with Gasteiger partial charge in [-0.25, -0.2) is 9.78 Å². The number of aliphatic carboxylic acids is 2. The highest BCUT2D eigenvalue weighted by Gasteiger charge is 2.26. The molecule has 2 heterocycles. The van der Waals surface area contributed by atoms with Crippen molar-refractivity contribution >= 4 is 23.5 Å². The normalized spacial score (nSPS) is 12.1. The Labute approximate surface area is 125 Å². The Morgan fingerprint density at radius 2 is 1.95 bits per heavy atom. The number of nitrogens with zero attached hydrogens (tertiary/aromatic N) is 2. The maximum atomic E-state index is 12.3. The molecule has 1 unspecified atom stereocenters. The molecular formula is C14H15N3O5. The summed E-state index contributed by atoms with van der Waals surface area (Å²) >= 11 is 0. The van der Waals surface area contributed by atoms with Crippen molar-refractivity contribution in [1.82, 2.24) is 14.7 Å². The van der Waals surface area contributed by atoms with Crippen LogP contribution in [0.25, 0.3) is 5.65 Å². The predicted octanol–water partition coefficient (Wildman–Crippen LogP) is 0.609. The number of carbonyl (C=O) groups is 3. The minimum Gasteiger partial charge on any atom is -0.481 e. The van der Waals surface area contributed by atoms with Crippen LogP contribution in [0.4, 0.5) is 0 Å². The van der Waals surface area contributed by atoms with E-state index in [1.807, 2.05) is 13.0 Å². The van der Waals surface area contributed by atoms with Crippen LogP contribution in [0.15, 0.2) is 18.3 Å². The van der Waals surface area contributed by atoms with Crippen molar-refractivity contribution in [2.45, 2.75) is 26.3 Å². The van der Waals surface area contributed by atoms with Gasteiger partial charge >= 0.3 is 11.9 Å². The summed E-state index contributed by atoms with van der Waals surface area (Å²) in [6.07, 6.45) is 1.01. The van der Waals surface area contributed by atoms with E-state index in [9.17, 15) is 14.4 Å². The lowest BCUT2D eigenvalue weighted by atomic mass is 10.2. The predicted molar refractivity (Wildman–Crippen MR) is 75.8 cm³/mol. The van der Waals surface area contributed by atoms with Crippen LogP contribution < -0.4 is 5.32 Å². The number of aryl methyl sites for hydroxylation is 2. The molecule has 0 aliphatic carbocycles. The minimum atomic E-state index is -1.50. The van der Waals surface area contributed by atoms with Crippen molar-refractivity contribution in [2.24, 2.45) is 0 Å². The summed E-state index contributed by atoms with van der Waals surface area (Å²) in [4.78, 5) is 38.3. The number of amides is 1. The van der Waals surface area contributed by atoms with Gasteiger partial charge in [0.05, 0.1) is 12.1 Å². The molecule has 3 N–H and O–H groups in total. The topological polar surface area (TPSA) is 121 Å². The number of hydrogen-bond acceptors (Lipinski definition) is 4. The van der Waals surface area contributed by atoms with Crippen molar-refractivity contribution in [3.63, 3.8) is 0 Å². The van der Waals surface area contributed by atoms with Gasteiger partial charge in [0.1, 0.15) is 17.4 Å². The monoisotopic (exact) mass is 305 g/mol. The smallest absolute Gasteiger partial charge is 0.326 e. The van der Waals surface area contributed by atoms with E-state index < -0.39 is 30.3 Å². The maximum Gasteiger partial charge on any atom is 0.326 e. The molecule has 1 amide bonds. The van der Waals surface area contributed by atoms with Gasteiger partial charge in [-0.3, -0.25) is 14.0 Å². The molecule has 0 aromatic carbocycles. The Bertz CT molecular complexity index is 765. The maximum absolute atomic E-state index is 12.3. The summed E-state index contributed by atoms with van der Waals surface area (Å²) in [5.74, 6) is -3.39. The van der Waals surface area contributed by atoms with Crippen molar-refractivity contribution in [1.29, 1.82) is 0 Å². The number of hydrogen-bond donors (Lipinski definition) is 3. The van der Waals surface area contributed by atoms with Crippen LogP contribution in [-0.2, 0) is 9.59 Å². The molecule has 2 rings (SSSR count). The van der Waals surface area contributed by atoms with Gasteiger partial charge < -0.3 is 15.5 Å². The number of rotatable bonds is 5. The highest BCUT2D eigenvalue weighted by atomic mass is 16.4. The molecule has 0 spiro atoms. The standard InChI is InChI=1S/C14H15N3O5/c1-7-3-4-10-15-8(2)12(17(10)6-7)13(20)16-9(14(21)22)5-11(18)19/h3-4,6,9H,5H2,1-2H3,(H,16,20)(H,18,19)(H,21,22). The van der Waals surface area contributed by atoms with E-state index in [4.69, 9.17) is 10.2 Å². The molecule has 1 atom stereocenters. The van der Waals surface area contributed by atoms with E-state index in [0.717, 1.165) is 5.56 Å². The molecule has 8 heteroatoms. The number of carbonyl (C=O) groups excluding carboxylic acids is 1. The Balaban J connectivity index is 2.36. The molecule has 2 aromatic heterocycles. The van der Waals surface area contributed by atoms with Gasteiger partial charge in [0.15, 0.2) is 0 Å². The van der Waals surface area contributed by atoms with E-state index in [0.29, 0.717) is 11.3 Å². The number of pyridine rings is 1. The van der Waals surface area contributed by atoms with Crippen LogP contribution in [0.5, 0.6) is 0 Å². The minimum absolute atomic E-state index is 0.190. The number of fused-ring (bicyclic) bond motifs is 1. The SMILES string of the molecule is Cc1ccc2nc(C)c(C(=O)NC(CC(=O)O)C(=O)O)n2c1. The molecule has 8 nitrogen and oxygen atoms in total. The first-order chi connectivity index (χ1) is 10.3. The lowest BCUT2D eigenvalue weighted by molar-refractivity contribution is -0.145. The van der Waals surface area contributed by atoms with Crippen LogP contribution >= 0.6 is 0 Å². The Hall–Kier alpha value is -2.90. The molecule has 0 saturated heterocycles. The van der Waals surface area contributed by atoms with Crippen molar-refractivity contribution < 1.29 is 24.6 Å². The average Bonchev–Trinajstić information content (AvgIpc) is 2.72. The molecule has 0 aliphatic heterocycles. The molecule has 116 valence electrons. The number of aromatic nitrogens is 2. The van der Waals surface area contributed by atoms with Crippen LogP contribution in [0.1, 0.15) is 28.2 Å². The second kappa shape index (κ2) is 5.84. The number of imidazole rings is 1. The van der Waals surface area contributed by atoms with Crippen LogP contribution in [0.3, 0.4) is 0 Å². The molecular weight excluding hydrogens is 290 g/mol. The molecule has 0 saturated carbocycles. The molecule has 0 radical (unpaired) electrons. The van der Waals surface area contributed by atoms with E-state index in [2.05, 4.69) is 10.3 Å². The third kappa shape index (κ3) is 3.05. The van der Waals surface area contributed by atoms with Crippen molar-refractivity contribution in [2.75, 3.05) is 0 Å². The summed E-state index contributed by atoms with van der Waals surface area (Å²) in [7, 11) is 0. The lowest BCUT2D eigenvalue weighted by Crippen LogP contribution is -2.42. The molecule has 0 aliphatic rings. The fourth-order valence-electron chi connectivity index (χ4n) is 2.14. The first kappa shape index (κ1) is 15.5. The second-order valence-corrected chi connectivity index (χ2v) is 4.94. The van der Waals surface area contributed by atoms with E-state index in [-0.39, 0.29) is 5.69 Å². The lowest BCUT2D eigenvalue weighted by Gasteiger charge is -2.12. The van der Waals surface area contributed by atoms with Gasteiger partial charge in [-0.05, 0) is 25.5 Å². The van der Waals surface area contributed by atoms with Gasteiger partial charge in [0.2, 0.25) is 0 Å². The third-order valence-corrected chi connectivity index (χ3v) is 3.14. The van der Waals surface area contributed by atoms with Crippen LogP contribution in [-0.4, -0.2) is 43.5 Å². The molecule has 0 fully saturated rings. The number of carboxylic acids is 2. The van der Waals surface area contributed by atoms with E-state index in [1.165, 1.54) is 0 Å². The van der Waals surface area contributed by atoms with Crippen molar-refractivity contribution in [3.05, 3.63) is 35.3 Å². The first-order valence-electron chi connectivity index (χ1n) is 6.50. The van der Waals surface area contributed by atoms with E-state index >= 15 is 0 Å². The third-order valence-electron chi connectivity index (χ3n) is 3.14. The zero-order chi connectivity index (χ0) is 16.4.